The first kappa shape index (κ1) is 17.3. The predicted molar refractivity (Wildman–Crippen MR) is 92.3 cm³/mol. The molecule has 2 rings (SSSR count). The van der Waals surface area contributed by atoms with Crippen LogP contribution in [0.3, 0.4) is 0 Å². The molecule has 0 aliphatic rings. The molecule has 0 spiro atoms. The second-order valence-electron chi connectivity index (χ2n) is 6.66. The number of fused-ring (bicyclic) bond motifs is 1. The smallest absolute Gasteiger partial charge is 0.410 e. The highest BCUT2D eigenvalue weighted by atomic mass is 16.6. The zero-order chi connectivity index (χ0) is 16.9. The summed E-state index contributed by atoms with van der Waals surface area (Å²) >= 11 is 0. The van der Waals surface area contributed by atoms with Crippen LogP contribution in [0.4, 0.5) is 4.79 Å². The highest BCUT2D eigenvalue weighted by Gasteiger charge is 2.22. The number of carbonyl (C=O) groups excluding carboxylic acids is 1. The van der Waals surface area contributed by atoms with Crippen LogP contribution < -0.4 is 0 Å². The molecule has 23 heavy (non-hydrogen) atoms. The third kappa shape index (κ3) is 5.25. The maximum absolute atomic E-state index is 12.4. The van der Waals surface area contributed by atoms with Crippen molar-refractivity contribution in [2.45, 2.75) is 39.3 Å². The summed E-state index contributed by atoms with van der Waals surface area (Å²) in [5.41, 5.74) is 0.519. The van der Waals surface area contributed by atoms with E-state index in [4.69, 9.17) is 9.84 Å². The summed E-state index contributed by atoms with van der Waals surface area (Å²) in [6, 6.07) is 14.3. The summed E-state index contributed by atoms with van der Waals surface area (Å²) in [4.78, 5) is 14.0. The molecular formula is C19H25NO3. The van der Waals surface area contributed by atoms with Gasteiger partial charge in [-0.05, 0) is 49.6 Å². The van der Waals surface area contributed by atoms with E-state index in [1.54, 1.807) is 4.90 Å². The zero-order valence-corrected chi connectivity index (χ0v) is 14.1. The Morgan fingerprint density at radius 2 is 1.83 bits per heavy atom. The van der Waals surface area contributed by atoms with Crippen molar-refractivity contribution in [3.8, 4) is 0 Å². The molecule has 0 aliphatic heterocycles. The molecule has 0 saturated carbocycles. The van der Waals surface area contributed by atoms with Crippen molar-refractivity contribution in [2.24, 2.45) is 0 Å². The van der Waals surface area contributed by atoms with Gasteiger partial charge in [0.25, 0.3) is 0 Å². The summed E-state index contributed by atoms with van der Waals surface area (Å²) < 4.78 is 5.46. The van der Waals surface area contributed by atoms with E-state index in [1.807, 2.05) is 39.0 Å². The van der Waals surface area contributed by atoms with Crippen LogP contribution in [-0.4, -0.2) is 34.9 Å². The average molecular weight is 315 g/mol. The lowest BCUT2D eigenvalue weighted by Gasteiger charge is -2.27. The molecule has 1 amide bonds. The van der Waals surface area contributed by atoms with E-state index in [9.17, 15) is 4.79 Å². The van der Waals surface area contributed by atoms with E-state index in [0.717, 1.165) is 10.9 Å². The first-order valence-electron chi connectivity index (χ1n) is 7.95. The number of carbonyl (C=O) groups is 1. The molecule has 0 aliphatic carbocycles. The van der Waals surface area contributed by atoms with Gasteiger partial charge in [-0.3, -0.25) is 0 Å². The van der Waals surface area contributed by atoms with Crippen molar-refractivity contribution in [1.82, 2.24) is 4.90 Å². The average Bonchev–Trinajstić information content (AvgIpc) is 2.49. The second kappa shape index (κ2) is 7.47. The zero-order valence-electron chi connectivity index (χ0n) is 14.1. The predicted octanol–water partition coefficient (Wildman–Crippen LogP) is 3.96. The normalized spacial score (nSPS) is 11.5. The van der Waals surface area contributed by atoms with Crippen LogP contribution in [0.1, 0.15) is 32.8 Å². The topological polar surface area (TPSA) is 49.8 Å². The fourth-order valence-corrected chi connectivity index (χ4v) is 2.38. The Labute approximate surface area is 137 Å². The maximum atomic E-state index is 12.4. The molecule has 0 fully saturated rings. The van der Waals surface area contributed by atoms with Crippen molar-refractivity contribution in [1.29, 1.82) is 0 Å². The molecule has 0 unspecified atom stereocenters. The third-order valence-corrected chi connectivity index (χ3v) is 3.43. The van der Waals surface area contributed by atoms with Crippen molar-refractivity contribution in [3.05, 3.63) is 48.0 Å². The monoisotopic (exact) mass is 315 g/mol. The minimum absolute atomic E-state index is 0.0526. The molecule has 0 bridgehead atoms. The summed E-state index contributed by atoms with van der Waals surface area (Å²) in [7, 11) is 0. The molecular weight excluding hydrogens is 290 g/mol. The highest BCUT2D eigenvalue weighted by Crippen LogP contribution is 2.18. The van der Waals surface area contributed by atoms with Gasteiger partial charge >= 0.3 is 6.09 Å². The minimum Gasteiger partial charge on any atom is -0.444 e. The number of ether oxygens (including phenoxy) is 1. The molecule has 0 atom stereocenters. The summed E-state index contributed by atoms with van der Waals surface area (Å²) in [5, 5.41) is 11.4. The van der Waals surface area contributed by atoms with Crippen molar-refractivity contribution in [2.75, 3.05) is 13.2 Å². The SMILES string of the molecule is CC(C)(C)OC(=O)N(CCCO)Cc1ccc2ccccc2c1. The first-order chi connectivity index (χ1) is 10.9. The Balaban J connectivity index is 2.16. The third-order valence-electron chi connectivity index (χ3n) is 3.43. The van der Waals surface area contributed by atoms with E-state index in [2.05, 4.69) is 24.3 Å². The van der Waals surface area contributed by atoms with Crippen LogP contribution in [0, 0.1) is 0 Å². The maximum Gasteiger partial charge on any atom is 0.410 e. The molecule has 0 aromatic heterocycles. The van der Waals surface area contributed by atoms with Gasteiger partial charge in [0, 0.05) is 19.7 Å². The second-order valence-corrected chi connectivity index (χ2v) is 6.66. The number of aliphatic hydroxyl groups excluding tert-OH is 1. The number of nitrogens with zero attached hydrogens (tertiary/aromatic N) is 1. The Bertz CT molecular complexity index is 661. The van der Waals surface area contributed by atoms with E-state index in [0.29, 0.717) is 19.5 Å². The Hall–Kier alpha value is -2.07. The Morgan fingerprint density at radius 1 is 1.13 bits per heavy atom. The summed E-state index contributed by atoms with van der Waals surface area (Å²) in [6.45, 7) is 6.55. The molecule has 0 radical (unpaired) electrons. The van der Waals surface area contributed by atoms with Crippen LogP contribution in [0.2, 0.25) is 0 Å². The van der Waals surface area contributed by atoms with E-state index >= 15 is 0 Å². The molecule has 124 valence electrons. The number of hydrogen-bond donors (Lipinski definition) is 1. The van der Waals surface area contributed by atoms with E-state index in [1.165, 1.54) is 5.39 Å². The van der Waals surface area contributed by atoms with Gasteiger partial charge in [0.2, 0.25) is 0 Å². The lowest BCUT2D eigenvalue weighted by atomic mass is 10.1. The van der Waals surface area contributed by atoms with E-state index < -0.39 is 5.60 Å². The number of hydrogen-bond acceptors (Lipinski definition) is 3. The van der Waals surface area contributed by atoms with Gasteiger partial charge in [-0.15, -0.1) is 0 Å². The number of amides is 1. The van der Waals surface area contributed by atoms with Gasteiger partial charge in [0.15, 0.2) is 0 Å². The van der Waals surface area contributed by atoms with Gasteiger partial charge in [-0.25, -0.2) is 4.79 Å². The van der Waals surface area contributed by atoms with E-state index in [-0.39, 0.29) is 12.7 Å². The highest BCUT2D eigenvalue weighted by molar-refractivity contribution is 5.83. The lowest BCUT2D eigenvalue weighted by molar-refractivity contribution is 0.0224. The number of aliphatic hydroxyl groups is 1. The van der Waals surface area contributed by atoms with Crippen molar-refractivity contribution >= 4 is 16.9 Å². The van der Waals surface area contributed by atoms with Gasteiger partial charge < -0.3 is 14.7 Å². The van der Waals surface area contributed by atoms with Gasteiger partial charge in [-0.1, -0.05) is 36.4 Å². The molecule has 1 N–H and O–H groups in total. The fourth-order valence-electron chi connectivity index (χ4n) is 2.38. The largest absolute Gasteiger partial charge is 0.444 e. The Kier molecular flexibility index (Phi) is 5.61. The van der Waals surface area contributed by atoms with Crippen LogP contribution in [0.25, 0.3) is 10.8 Å². The van der Waals surface area contributed by atoms with Crippen LogP contribution in [-0.2, 0) is 11.3 Å². The molecule has 4 heteroatoms. The van der Waals surface area contributed by atoms with Gasteiger partial charge in [-0.2, -0.15) is 0 Å². The summed E-state index contributed by atoms with van der Waals surface area (Å²) in [6.07, 6.45) is 0.187. The van der Waals surface area contributed by atoms with Crippen molar-refractivity contribution < 1.29 is 14.6 Å². The lowest BCUT2D eigenvalue weighted by Crippen LogP contribution is -2.37. The number of rotatable bonds is 5. The van der Waals surface area contributed by atoms with Crippen LogP contribution in [0.15, 0.2) is 42.5 Å². The van der Waals surface area contributed by atoms with Gasteiger partial charge in [0.05, 0.1) is 0 Å². The van der Waals surface area contributed by atoms with Crippen LogP contribution >= 0.6 is 0 Å². The summed E-state index contributed by atoms with van der Waals surface area (Å²) in [5.74, 6) is 0. The van der Waals surface area contributed by atoms with Gasteiger partial charge in [0.1, 0.15) is 5.60 Å². The quantitative estimate of drug-likeness (QED) is 0.908. The molecule has 4 nitrogen and oxygen atoms in total. The molecule has 2 aromatic rings. The van der Waals surface area contributed by atoms with Crippen LogP contribution in [0.5, 0.6) is 0 Å². The molecule has 0 saturated heterocycles. The first-order valence-corrected chi connectivity index (χ1v) is 7.95. The number of benzene rings is 2. The molecule has 2 aromatic carbocycles. The Morgan fingerprint density at radius 3 is 2.48 bits per heavy atom. The minimum atomic E-state index is -0.530. The standard InChI is InChI=1S/C19H25NO3/c1-19(2,3)23-18(22)20(11-6-12-21)14-15-9-10-16-7-4-5-8-17(16)13-15/h4-5,7-10,13,21H,6,11-12,14H2,1-3H3. The fraction of sp³-hybridized carbons (Fsp3) is 0.421. The molecule has 0 heterocycles. The van der Waals surface area contributed by atoms with Crippen molar-refractivity contribution in [3.63, 3.8) is 0 Å².